The maximum Gasteiger partial charge on any atom is 0.130 e. The van der Waals surface area contributed by atoms with E-state index in [1.54, 1.807) is 0 Å². The van der Waals surface area contributed by atoms with E-state index in [1.165, 1.54) is 0 Å². The summed E-state index contributed by atoms with van der Waals surface area (Å²) < 4.78 is 10.4. The molecule has 0 aromatic rings. The monoisotopic (exact) mass is 144 g/mol. The van der Waals surface area contributed by atoms with Crippen molar-refractivity contribution in [3.05, 3.63) is 11.5 Å². The van der Waals surface area contributed by atoms with Crippen molar-refractivity contribution in [2.45, 2.75) is 27.7 Å². The zero-order valence-electron chi connectivity index (χ0n) is 7.23. The normalized spacial score (nSPS) is 12.4. The molecule has 60 valence electrons. The average Bonchev–Trinajstić information content (AvgIpc) is 1.89. The Morgan fingerprint density at radius 1 is 0.900 bits per heavy atom. The van der Waals surface area contributed by atoms with Crippen LogP contribution in [0, 0.1) is 0 Å². The smallest absolute Gasteiger partial charge is 0.130 e. The lowest BCUT2D eigenvalue weighted by molar-refractivity contribution is 0.169. The molecule has 10 heavy (non-hydrogen) atoms. The molecule has 0 aliphatic carbocycles. The van der Waals surface area contributed by atoms with Crippen LogP contribution < -0.4 is 0 Å². The van der Waals surface area contributed by atoms with Gasteiger partial charge in [0.1, 0.15) is 11.5 Å². The fraction of sp³-hybridized carbons (Fsp3) is 0.750. The van der Waals surface area contributed by atoms with E-state index in [0.29, 0.717) is 13.2 Å². The number of allylic oxidation sites excluding steroid dienone is 2. The van der Waals surface area contributed by atoms with Gasteiger partial charge >= 0.3 is 0 Å². The first kappa shape index (κ1) is 9.34. The highest BCUT2D eigenvalue weighted by molar-refractivity contribution is 4.94. The van der Waals surface area contributed by atoms with Gasteiger partial charge in [0.15, 0.2) is 0 Å². The molecule has 2 nitrogen and oxygen atoms in total. The molecule has 0 rings (SSSR count). The Balaban J connectivity index is 3.79. The molecule has 0 radical (unpaired) electrons. The van der Waals surface area contributed by atoms with Gasteiger partial charge in [-0.1, -0.05) is 0 Å². The summed E-state index contributed by atoms with van der Waals surface area (Å²) in [5.41, 5.74) is 0. The van der Waals surface area contributed by atoms with Crippen molar-refractivity contribution in [1.29, 1.82) is 0 Å². The van der Waals surface area contributed by atoms with E-state index in [1.807, 2.05) is 27.7 Å². The Hall–Kier alpha value is -0.660. The predicted octanol–water partition coefficient (Wildman–Crippen LogP) is 2.31. The first-order chi connectivity index (χ1) is 4.72. The Morgan fingerprint density at radius 3 is 1.40 bits per heavy atom. The fourth-order valence-electron chi connectivity index (χ4n) is 0.636. The Bertz CT molecular complexity index is 102. The molecule has 0 fully saturated rings. The molecule has 0 atom stereocenters. The number of hydrogen-bond acceptors (Lipinski definition) is 2. The van der Waals surface area contributed by atoms with Crippen LogP contribution in [0.1, 0.15) is 27.7 Å². The van der Waals surface area contributed by atoms with E-state index in [0.717, 1.165) is 11.5 Å². The lowest BCUT2D eigenvalue weighted by atomic mass is 10.4. The van der Waals surface area contributed by atoms with Gasteiger partial charge in [-0.3, -0.25) is 0 Å². The molecule has 0 spiro atoms. The first-order valence-electron chi connectivity index (χ1n) is 3.65. The van der Waals surface area contributed by atoms with Gasteiger partial charge < -0.3 is 9.47 Å². The Labute approximate surface area is 62.8 Å². The van der Waals surface area contributed by atoms with E-state index < -0.39 is 0 Å². The third kappa shape index (κ3) is 3.38. The average molecular weight is 144 g/mol. The van der Waals surface area contributed by atoms with Gasteiger partial charge in [-0.05, 0) is 27.7 Å². The van der Waals surface area contributed by atoms with Crippen molar-refractivity contribution in [3.63, 3.8) is 0 Å². The minimum atomic E-state index is 0.705. The summed E-state index contributed by atoms with van der Waals surface area (Å²) >= 11 is 0. The number of ether oxygens (including phenoxy) is 2. The summed E-state index contributed by atoms with van der Waals surface area (Å²) in [4.78, 5) is 0. The summed E-state index contributed by atoms with van der Waals surface area (Å²) in [7, 11) is 0. The van der Waals surface area contributed by atoms with Gasteiger partial charge in [0, 0.05) is 0 Å². The molecular weight excluding hydrogens is 128 g/mol. The molecule has 0 aliphatic rings. The lowest BCUT2D eigenvalue weighted by Gasteiger charge is -2.08. The van der Waals surface area contributed by atoms with E-state index in [2.05, 4.69) is 0 Å². The molecule has 0 bridgehead atoms. The summed E-state index contributed by atoms with van der Waals surface area (Å²) in [6.45, 7) is 9.15. The Morgan fingerprint density at radius 2 is 1.20 bits per heavy atom. The van der Waals surface area contributed by atoms with Crippen molar-refractivity contribution < 1.29 is 9.47 Å². The van der Waals surface area contributed by atoms with E-state index in [4.69, 9.17) is 9.47 Å². The van der Waals surface area contributed by atoms with E-state index in [-0.39, 0.29) is 0 Å². The molecule has 0 unspecified atom stereocenters. The standard InChI is InChI=1S/C8H16O2/c1-5-9-7(3)8(4)10-6-2/h5-6H2,1-4H3/b8-7+. The second-order valence-corrected chi connectivity index (χ2v) is 1.98. The van der Waals surface area contributed by atoms with Crippen LogP contribution >= 0.6 is 0 Å². The molecule has 2 heteroatoms. The first-order valence-corrected chi connectivity index (χ1v) is 3.65. The molecule has 0 saturated carbocycles. The van der Waals surface area contributed by atoms with E-state index in [9.17, 15) is 0 Å². The van der Waals surface area contributed by atoms with Crippen molar-refractivity contribution in [3.8, 4) is 0 Å². The molecular formula is C8H16O2. The lowest BCUT2D eigenvalue weighted by Crippen LogP contribution is -1.95. The zero-order valence-corrected chi connectivity index (χ0v) is 7.23. The maximum absolute atomic E-state index is 5.21. The summed E-state index contributed by atoms with van der Waals surface area (Å²) in [6, 6.07) is 0. The van der Waals surface area contributed by atoms with Crippen molar-refractivity contribution in [1.82, 2.24) is 0 Å². The largest absolute Gasteiger partial charge is 0.495 e. The second kappa shape index (κ2) is 5.15. The van der Waals surface area contributed by atoms with Crippen LogP contribution in [0.2, 0.25) is 0 Å². The SMILES string of the molecule is CCO/C(C)=C(\C)OCC. The third-order valence-corrected chi connectivity index (χ3v) is 1.22. The minimum Gasteiger partial charge on any atom is -0.495 e. The molecule has 0 amide bonds. The minimum absolute atomic E-state index is 0.705. The van der Waals surface area contributed by atoms with Crippen LogP contribution in [0.5, 0.6) is 0 Å². The highest BCUT2D eigenvalue weighted by atomic mass is 16.5. The van der Waals surface area contributed by atoms with Crippen LogP contribution in [0.3, 0.4) is 0 Å². The van der Waals surface area contributed by atoms with Gasteiger partial charge in [0.25, 0.3) is 0 Å². The van der Waals surface area contributed by atoms with Crippen LogP contribution in [0.4, 0.5) is 0 Å². The van der Waals surface area contributed by atoms with Gasteiger partial charge in [-0.2, -0.15) is 0 Å². The van der Waals surface area contributed by atoms with Crippen LogP contribution in [0.15, 0.2) is 11.5 Å². The topological polar surface area (TPSA) is 18.5 Å². The van der Waals surface area contributed by atoms with Gasteiger partial charge in [-0.25, -0.2) is 0 Å². The molecule has 0 aromatic carbocycles. The molecule has 0 heterocycles. The van der Waals surface area contributed by atoms with Crippen molar-refractivity contribution in [2.24, 2.45) is 0 Å². The van der Waals surface area contributed by atoms with Crippen molar-refractivity contribution >= 4 is 0 Å². The maximum atomic E-state index is 5.21. The fourth-order valence-corrected chi connectivity index (χ4v) is 0.636. The highest BCUT2D eigenvalue weighted by Crippen LogP contribution is 2.05. The van der Waals surface area contributed by atoms with Crippen LogP contribution in [-0.4, -0.2) is 13.2 Å². The predicted molar refractivity (Wildman–Crippen MR) is 41.6 cm³/mol. The van der Waals surface area contributed by atoms with Crippen LogP contribution in [-0.2, 0) is 9.47 Å². The number of hydrogen-bond donors (Lipinski definition) is 0. The highest BCUT2D eigenvalue weighted by Gasteiger charge is 1.95. The molecule has 0 saturated heterocycles. The quantitative estimate of drug-likeness (QED) is 0.564. The second-order valence-electron chi connectivity index (χ2n) is 1.98. The Kier molecular flexibility index (Phi) is 4.81. The molecule has 0 aromatic heterocycles. The van der Waals surface area contributed by atoms with Crippen LogP contribution in [0.25, 0.3) is 0 Å². The number of rotatable bonds is 4. The van der Waals surface area contributed by atoms with Gasteiger partial charge in [0.2, 0.25) is 0 Å². The van der Waals surface area contributed by atoms with Gasteiger partial charge in [-0.15, -0.1) is 0 Å². The molecule has 0 N–H and O–H groups in total. The van der Waals surface area contributed by atoms with Crippen molar-refractivity contribution in [2.75, 3.05) is 13.2 Å². The summed E-state index contributed by atoms with van der Waals surface area (Å²) in [6.07, 6.45) is 0. The summed E-state index contributed by atoms with van der Waals surface area (Å²) in [5.74, 6) is 1.76. The molecule has 0 aliphatic heterocycles. The van der Waals surface area contributed by atoms with E-state index >= 15 is 0 Å². The van der Waals surface area contributed by atoms with Gasteiger partial charge in [0.05, 0.1) is 13.2 Å². The zero-order chi connectivity index (χ0) is 7.98. The summed E-state index contributed by atoms with van der Waals surface area (Å²) in [5, 5.41) is 0. The third-order valence-electron chi connectivity index (χ3n) is 1.22.